The molecule has 0 aliphatic heterocycles. The first-order chi connectivity index (χ1) is 6.22. The largest absolute Gasteiger partial charge is 0.392 e. The first kappa shape index (κ1) is 8.26. The molecule has 0 saturated carbocycles. The van der Waals surface area contributed by atoms with Crippen LogP contribution in [0.2, 0.25) is 0 Å². The third kappa shape index (κ3) is 1.21. The van der Waals surface area contributed by atoms with E-state index >= 15 is 0 Å². The smallest absolute Gasteiger partial charge is 0.106 e. The molecule has 0 spiro atoms. The number of aliphatic hydroxyl groups is 1. The summed E-state index contributed by atoms with van der Waals surface area (Å²) in [6.07, 6.45) is 0. The normalized spacial score (nSPS) is 11.0. The Kier molecular flexibility index (Phi) is 1.81. The second-order valence-electron chi connectivity index (χ2n) is 3.20. The maximum absolute atomic E-state index is 8.97. The number of benzene rings is 1. The first-order valence-corrected chi connectivity index (χ1v) is 4.25. The van der Waals surface area contributed by atoms with Gasteiger partial charge in [-0.2, -0.15) is 0 Å². The fourth-order valence-corrected chi connectivity index (χ4v) is 1.45. The van der Waals surface area contributed by atoms with Crippen LogP contribution in [-0.4, -0.2) is 14.7 Å². The average Bonchev–Trinajstić information content (AvgIpc) is 2.43. The number of hydrogen-bond acceptors (Lipinski definition) is 2. The lowest BCUT2D eigenvalue weighted by Crippen LogP contribution is -1.91. The summed E-state index contributed by atoms with van der Waals surface area (Å²) in [6, 6.07) is 5.80. The van der Waals surface area contributed by atoms with Crippen molar-refractivity contribution in [2.45, 2.75) is 13.5 Å². The van der Waals surface area contributed by atoms with Crippen LogP contribution in [0.4, 0.5) is 0 Å². The Bertz CT molecular complexity index is 445. The quantitative estimate of drug-likeness (QED) is 0.712. The Hall–Kier alpha value is -1.35. The van der Waals surface area contributed by atoms with E-state index in [-0.39, 0.29) is 6.61 Å². The lowest BCUT2D eigenvalue weighted by atomic mass is 10.2. The van der Waals surface area contributed by atoms with Gasteiger partial charge < -0.3 is 9.67 Å². The van der Waals surface area contributed by atoms with Crippen molar-refractivity contribution in [2.75, 3.05) is 0 Å². The molecule has 0 radical (unpaired) electrons. The van der Waals surface area contributed by atoms with Crippen LogP contribution < -0.4 is 0 Å². The number of imidazole rings is 1. The lowest BCUT2D eigenvalue weighted by molar-refractivity contribution is 0.282. The summed E-state index contributed by atoms with van der Waals surface area (Å²) >= 11 is 0. The minimum absolute atomic E-state index is 0.0835. The van der Waals surface area contributed by atoms with Gasteiger partial charge in [0.25, 0.3) is 0 Å². The molecule has 68 valence electrons. The van der Waals surface area contributed by atoms with Gasteiger partial charge in [-0.25, -0.2) is 4.98 Å². The highest BCUT2D eigenvalue weighted by atomic mass is 16.3. The maximum atomic E-state index is 8.97. The minimum Gasteiger partial charge on any atom is -0.392 e. The van der Waals surface area contributed by atoms with Crippen molar-refractivity contribution in [1.29, 1.82) is 0 Å². The van der Waals surface area contributed by atoms with E-state index in [9.17, 15) is 0 Å². The van der Waals surface area contributed by atoms with Gasteiger partial charge >= 0.3 is 0 Å². The Balaban J connectivity index is 2.75. The standard InChI is InChI=1S/C10H12N2O/c1-7-11-9-4-3-8(6-13)5-10(9)12(7)2/h3-5,13H,6H2,1-2H3. The molecule has 0 bridgehead atoms. The molecular weight excluding hydrogens is 164 g/mol. The Morgan fingerprint density at radius 1 is 1.46 bits per heavy atom. The van der Waals surface area contributed by atoms with Crippen molar-refractivity contribution < 1.29 is 5.11 Å². The number of rotatable bonds is 1. The SMILES string of the molecule is Cc1nc2ccc(CO)cc2n1C. The highest BCUT2D eigenvalue weighted by Crippen LogP contribution is 2.16. The molecule has 0 saturated heterocycles. The summed E-state index contributed by atoms with van der Waals surface area (Å²) in [5.74, 6) is 0.991. The summed E-state index contributed by atoms with van der Waals surface area (Å²) in [7, 11) is 1.98. The molecule has 0 amide bonds. The summed E-state index contributed by atoms with van der Waals surface area (Å²) in [5.41, 5.74) is 2.98. The van der Waals surface area contributed by atoms with E-state index in [0.29, 0.717) is 0 Å². The van der Waals surface area contributed by atoms with Crippen LogP contribution in [-0.2, 0) is 13.7 Å². The summed E-state index contributed by atoms with van der Waals surface area (Å²) in [4.78, 5) is 4.37. The van der Waals surface area contributed by atoms with Gasteiger partial charge in [0.1, 0.15) is 5.82 Å². The number of aryl methyl sites for hydroxylation is 2. The van der Waals surface area contributed by atoms with Gasteiger partial charge in [-0.1, -0.05) is 6.07 Å². The highest BCUT2D eigenvalue weighted by Gasteiger charge is 2.03. The van der Waals surface area contributed by atoms with E-state index in [4.69, 9.17) is 5.11 Å². The van der Waals surface area contributed by atoms with E-state index in [2.05, 4.69) is 4.98 Å². The van der Waals surface area contributed by atoms with Gasteiger partial charge in [0.2, 0.25) is 0 Å². The highest BCUT2D eigenvalue weighted by molar-refractivity contribution is 5.76. The molecule has 0 atom stereocenters. The third-order valence-electron chi connectivity index (χ3n) is 2.35. The predicted molar refractivity (Wildman–Crippen MR) is 51.4 cm³/mol. The van der Waals surface area contributed by atoms with Gasteiger partial charge in [0.05, 0.1) is 17.6 Å². The zero-order valence-corrected chi connectivity index (χ0v) is 7.78. The molecule has 0 unspecified atom stereocenters. The Morgan fingerprint density at radius 2 is 2.23 bits per heavy atom. The van der Waals surface area contributed by atoms with Crippen molar-refractivity contribution in [2.24, 2.45) is 7.05 Å². The third-order valence-corrected chi connectivity index (χ3v) is 2.35. The number of fused-ring (bicyclic) bond motifs is 1. The van der Waals surface area contributed by atoms with Crippen molar-refractivity contribution in [3.63, 3.8) is 0 Å². The molecule has 3 heteroatoms. The Morgan fingerprint density at radius 3 is 2.92 bits per heavy atom. The molecule has 3 nitrogen and oxygen atoms in total. The van der Waals surface area contributed by atoms with Gasteiger partial charge in [-0.05, 0) is 24.6 Å². The fraction of sp³-hybridized carbons (Fsp3) is 0.300. The van der Waals surface area contributed by atoms with Gasteiger partial charge in [-0.3, -0.25) is 0 Å². The van der Waals surface area contributed by atoms with Crippen LogP contribution in [0.1, 0.15) is 11.4 Å². The van der Waals surface area contributed by atoms with Gasteiger partial charge in [-0.15, -0.1) is 0 Å². The molecule has 13 heavy (non-hydrogen) atoms. The maximum Gasteiger partial charge on any atom is 0.106 e. The van der Waals surface area contributed by atoms with E-state index in [0.717, 1.165) is 22.4 Å². The monoisotopic (exact) mass is 176 g/mol. The van der Waals surface area contributed by atoms with Crippen LogP contribution in [0, 0.1) is 6.92 Å². The number of nitrogens with zero attached hydrogens (tertiary/aromatic N) is 2. The van der Waals surface area contributed by atoms with E-state index in [1.807, 2.05) is 36.7 Å². The molecule has 1 N–H and O–H groups in total. The van der Waals surface area contributed by atoms with Crippen LogP contribution in [0.25, 0.3) is 11.0 Å². The second kappa shape index (κ2) is 2.85. The van der Waals surface area contributed by atoms with E-state index in [1.165, 1.54) is 0 Å². The minimum atomic E-state index is 0.0835. The first-order valence-electron chi connectivity index (χ1n) is 4.25. The summed E-state index contributed by atoms with van der Waals surface area (Å²) in [5, 5.41) is 8.97. The van der Waals surface area contributed by atoms with Gasteiger partial charge in [0, 0.05) is 7.05 Å². The van der Waals surface area contributed by atoms with Crippen LogP contribution in [0.15, 0.2) is 18.2 Å². The number of aromatic nitrogens is 2. The zero-order chi connectivity index (χ0) is 9.42. The van der Waals surface area contributed by atoms with Crippen molar-refractivity contribution in [3.8, 4) is 0 Å². The van der Waals surface area contributed by atoms with Crippen LogP contribution >= 0.6 is 0 Å². The van der Waals surface area contributed by atoms with Crippen LogP contribution in [0.5, 0.6) is 0 Å². The molecule has 2 aromatic rings. The molecule has 2 rings (SSSR count). The molecule has 1 heterocycles. The number of aliphatic hydroxyl groups excluding tert-OH is 1. The molecule has 0 fully saturated rings. The lowest BCUT2D eigenvalue weighted by Gasteiger charge is -1.98. The topological polar surface area (TPSA) is 38.1 Å². The van der Waals surface area contributed by atoms with Crippen LogP contribution in [0.3, 0.4) is 0 Å². The molecule has 1 aromatic carbocycles. The molecule has 1 aromatic heterocycles. The fourth-order valence-electron chi connectivity index (χ4n) is 1.45. The summed E-state index contributed by atoms with van der Waals surface area (Å²) in [6.45, 7) is 2.05. The summed E-state index contributed by atoms with van der Waals surface area (Å²) < 4.78 is 2.02. The average molecular weight is 176 g/mol. The molecule has 0 aliphatic carbocycles. The Labute approximate surface area is 76.6 Å². The zero-order valence-electron chi connectivity index (χ0n) is 7.78. The number of hydrogen-bond donors (Lipinski definition) is 1. The molecule has 0 aliphatic rings. The van der Waals surface area contributed by atoms with Crippen molar-refractivity contribution >= 4 is 11.0 Å². The molecular formula is C10H12N2O. The van der Waals surface area contributed by atoms with Gasteiger partial charge in [0.15, 0.2) is 0 Å². The van der Waals surface area contributed by atoms with Crippen molar-refractivity contribution in [1.82, 2.24) is 9.55 Å². The van der Waals surface area contributed by atoms with E-state index in [1.54, 1.807) is 0 Å². The van der Waals surface area contributed by atoms with E-state index < -0.39 is 0 Å². The second-order valence-corrected chi connectivity index (χ2v) is 3.20. The predicted octanol–water partition coefficient (Wildman–Crippen LogP) is 1.37. The van der Waals surface area contributed by atoms with Crippen molar-refractivity contribution in [3.05, 3.63) is 29.6 Å².